The highest BCUT2D eigenvalue weighted by Crippen LogP contribution is 2.49. The lowest BCUT2D eigenvalue weighted by Gasteiger charge is -2.43. The van der Waals surface area contributed by atoms with Crippen LogP contribution in [0.5, 0.6) is 0 Å². The number of likely N-dealkylation sites (tertiary alicyclic amines) is 1. The second-order valence-electron chi connectivity index (χ2n) is 26.4. The molecule has 99 heavy (non-hydrogen) atoms. The molecule has 6 fully saturated rings. The molecule has 18 rings (SSSR count). The van der Waals surface area contributed by atoms with E-state index >= 15 is 0 Å². The molecule has 0 radical (unpaired) electrons. The summed E-state index contributed by atoms with van der Waals surface area (Å²) < 4.78 is 6.75. The van der Waals surface area contributed by atoms with E-state index in [1.54, 1.807) is 24.7 Å². The Bertz CT molecular complexity index is 5240. The zero-order valence-electron chi connectivity index (χ0n) is 53.2. The first kappa shape index (κ1) is 63.2. The molecule has 25 nitrogen and oxygen atoms in total. The monoisotopic (exact) mass is 1440 g/mol. The standard InChI is InChI=1S/C68H64Cl3N21O4S3/c1-2-39-55(69)54-61(79-39)84-68(99-35-19-46-41(77-22-35)6-4-13-75-46)87-64(54)92-15-10-51(50(92)30-93)96-16-11-43-57(71)53-60(81-43)83-67(98-34-18-45-40(76-21-34)5-3-12-74-45)85-62(53)90-24-31-23-88(49(31)29-90)14-9-42-56(70)52-59(80-42)82-66(86-63(52)91-27-37-38(28-91)58(37)73)97-33-7-8-36-44(17-33)78-47(65(94)95)20-48(36)89-25-32(72)26-89/h3-8,12-13,17-22,31-32,37-38,49-51,58,93H,2,9-11,14-16,23-30,72-73H2,1H3,(H,94,95)(H,79,84,87)(H,80,82,86)(H,81,83,85)/t31?,37?,38?,49?,50-,51+,58?/m1/s1. The van der Waals surface area contributed by atoms with Gasteiger partial charge in [-0.2, -0.15) is 0 Å². The SMILES string of the molecule is CCc1[nH]c2nc(Sc3cnc4cccnc4c3)nc(N3CC[C@H](OCCc4[nH]c5nc(Sc6cnc7cccnc7c6)nc(N6CC7CN(CCc8[nH]c9nc(Sc%10ccc%11c(N%12CC(N)C%12)cc(C(=O)O)nc%11c%10)nc(N%10CC%11C(N)C%11C%10)c9c8Cl)C7C6)c5c4Cl)[C@H]3CO)c2c1Cl. The van der Waals surface area contributed by atoms with E-state index in [4.69, 9.17) is 85.9 Å². The van der Waals surface area contributed by atoms with E-state index < -0.39 is 12.0 Å². The lowest BCUT2D eigenvalue weighted by atomic mass is 9.92. The van der Waals surface area contributed by atoms with Gasteiger partial charge < -0.3 is 61.0 Å². The fraction of sp³-hybridized carbons (Fsp3) is 0.353. The van der Waals surface area contributed by atoms with Crippen LogP contribution in [0.25, 0.3) is 66.1 Å². The van der Waals surface area contributed by atoms with Crippen LogP contribution in [0.15, 0.2) is 116 Å². The number of aromatic amines is 3. The molecule has 9 N–H and O–H groups in total. The van der Waals surface area contributed by atoms with Gasteiger partial charge in [0.2, 0.25) is 0 Å². The topological polar surface area (TPSA) is 324 Å². The molecule has 0 bridgehead atoms. The summed E-state index contributed by atoms with van der Waals surface area (Å²) in [7, 11) is 0. The van der Waals surface area contributed by atoms with Crippen LogP contribution in [0.3, 0.4) is 0 Å². The number of aliphatic hydroxyl groups excluding tert-OH is 1. The highest BCUT2D eigenvalue weighted by atomic mass is 35.5. The molecule has 1 aromatic carbocycles. The number of nitrogens with one attached hydrogen (secondary N) is 3. The number of nitrogens with zero attached hydrogens (tertiary/aromatic N) is 16. The van der Waals surface area contributed by atoms with Crippen molar-refractivity contribution >= 4 is 165 Å². The van der Waals surface area contributed by atoms with Crippen molar-refractivity contribution in [3.05, 3.63) is 123 Å². The van der Waals surface area contributed by atoms with Crippen molar-refractivity contribution in [1.29, 1.82) is 0 Å². The molecule has 5 saturated heterocycles. The minimum atomic E-state index is -1.09. The number of aryl methyl sites for hydroxylation is 1. The van der Waals surface area contributed by atoms with E-state index in [0.717, 1.165) is 127 Å². The zero-order chi connectivity index (χ0) is 67.1. The van der Waals surface area contributed by atoms with Crippen molar-refractivity contribution in [2.24, 2.45) is 29.2 Å². The van der Waals surface area contributed by atoms with Crippen LogP contribution in [0.4, 0.5) is 23.1 Å². The highest BCUT2D eigenvalue weighted by molar-refractivity contribution is 7.99. The lowest BCUT2D eigenvalue weighted by molar-refractivity contribution is 0.0361. The molecule has 11 aromatic heterocycles. The van der Waals surface area contributed by atoms with E-state index in [2.05, 4.69) is 59.4 Å². The Kier molecular flexibility index (Phi) is 16.1. The number of hydrogen-bond donors (Lipinski definition) is 7. The molecule has 6 atom stereocenters. The Hall–Kier alpha value is -8.00. The molecular weight excluding hydrogens is 1380 g/mol. The van der Waals surface area contributed by atoms with Gasteiger partial charge >= 0.3 is 5.97 Å². The second kappa shape index (κ2) is 25.3. The first-order valence-corrected chi connectivity index (χ1v) is 36.7. The van der Waals surface area contributed by atoms with Crippen molar-refractivity contribution in [3.8, 4) is 0 Å². The van der Waals surface area contributed by atoms with Gasteiger partial charge in [-0.25, -0.2) is 39.7 Å². The molecule has 0 amide bonds. The van der Waals surface area contributed by atoms with Gasteiger partial charge in [-0.1, -0.05) is 41.7 Å². The number of carbonyl (C=O) groups is 1. The normalized spacial score (nSPS) is 21.5. The summed E-state index contributed by atoms with van der Waals surface area (Å²) in [4.78, 5) is 90.5. The predicted octanol–water partition coefficient (Wildman–Crippen LogP) is 9.71. The average molecular weight is 1440 g/mol. The van der Waals surface area contributed by atoms with Crippen molar-refractivity contribution in [2.45, 2.75) is 93.0 Å². The Labute approximate surface area is 593 Å². The van der Waals surface area contributed by atoms with Crippen molar-refractivity contribution in [2.75, 3.05) is 91.7 Å². The summed E-state index contributed by atoms with van der Waals surface area (Å²) in [6.45, 7) is 8.73. The number of aliphatic hydroxyl groups is 1. The van der Waals surface area contributed by atoms with Gasteiger partial charge in [-0.3, -0.25) is 24.8 Å². The van der Waals surface area contributed by atoms with Gasteiger partial charge in [-0.05, 0) is 121 Å². The number of hydrogen-bond acceptors (Lipinski definition) is 24. The van der Waals surface area contributed by atoms with Crippen molar-refractivity contribution in [3.63, 3.8) is 0 Å². The molecule has 5 aliphatic heterocycles. The van der Waals surface area contributed by atoms with Gasteiger partial charge in [0.25, 0.3) is 0 Å². The van der Waals surface area contributed by atoms with Crippen LogP contribution in [-0.2, 0) is 24.0 Å². The zero-order valence-corrected chi connectivity index (χ0v) is 57.9. The summed E-state index contributed by atoms with van der Waals surface area (Å²) in [5, 5.41) is 27.6. The Morgan fingerprint density at radius 2 is 1.20 bits per heavy atom. The molecule has 504 valence electrons. The summed E-state index contributed by atoms with van der Waals surface area (Å²) >= 11 is 26.3. The molecule has 16 heterocycles. The van der Waals surface area contributed by atoms with E-state index in [1.807, 2.05) is 67.7 Å². The first-order valence-electron chi connectivity index (χ1n) is 33.1. The highest BCUT2D eigenvalue weighted by Gasteiger charge is 2.54. The maximum absolute atomic E-state index is 12.3. The quantitative estimate of drug-likeness (QED) is 0.0349. The lowest BCUT2D eigenvalue weighted by Crippen LogP contribution is -2.56. The van der Waals surface area contributed by atoms with Crippen LogP contribution < -0.4 is 31.1 Å². The molecule has 4 unspecified atom stereocenters. The number of halogens is 3. The second-order valence-corrected chi connectivity index (χ2v) is 30.6. The predicted molar refractivity (Wildman–Crippen MR) is 385 cm³/mol. The number of carboxylic acid groups (broad SMARTS) is 1. The molecular formula is C68H64Cl3N21O4S3. The van der Waals surface area contributed by atoms with Crippen LogP contribution >= 0.6 is 70.1 Å². The number of pyridine rings is 5. The number of aromatic carboxylic acids is 1. The number of piperidine rings is 1. The third-order valence-electron chi connectivity index (χ3n) is 20.4. The van der Waals surface area contributed by atoms with Gasteiger partial charge in [-0.15, -0.1) is 0 Å². The third kappa shape index (κ3) is 11.4. The summed E-state index contributed by atoms with van der Waals surface area (Å²) in [5.41, 5.74) is 21.5. The average Bonchev–Trinajstić information content (AvgIpc) is 1.61. The molecule has 1 saturated carbocycles. The number of aromatic nitrogens is 14. The summed E-state index contributed by atoms with van der Waals surface area (Å²) in [5.74, 6) is 2.25. The molecule has 1 aliphatic carbocycles. The van der Waals surface area contributed by atoms with Crippen LogP contribution in [0, 0.1) is 17.8 Å². The van der Waals surface area contributed by atoms with Gasteiger partial charge in [0.1, 0.15) is 34.4 Å². The molecule has 12 aromatic rings. The number of nitrogens with two attached hydrogens (primary N) is 2. The number of benzene rings is 1. The van der Waals surface area contributed by atoms with E-state index in [-0.39, 0.29) is 36.5 Å². The number of rotatable bonds is 20. The van der Waals surface area contributed by atoms with Gasteiger partial charge in [0.15, 0.2) is 21.2 Å². The minimum Gasteiger partial charge on any atom is -0.477 e. The number of anilines is 4. The number of carboxylic acids is 1. The molecule has 0 spiro atoms. The molecule has 31 heteroatoms. The smallest absolute Gasteiger partial charge is 0.354 e. The van der Waals surface area contributed by atoms with Gasteiger partial charge in [0.05, 0.1) is 84.2 Å². The Morgan fingerprint density at radius 1 is 0.626 bits per heavy atom. The van der Waals surface area contributed by atoms with Crippen molar-refractivity contribution in [1.82, 2.24) is 74.7 Å². The van der Waals surface area contributed by atoms with Crippen LogP contribution in [0.1, 0.15) is 40.9 Å². The van der Waals surface area contributed by atoms with Crippen LogP contribution in [0.2, 0.25) is 15.1 Å². The van der Waals surface area contributed by atoms with Crippen molar-refractivity contribution < 1.29 is 19.7 Å². The first-order chi connectivity index (χ1) is 48.2. The van der Waals surface area contributed by atoms with E-state index in [1.165, 1.54) is 35.3 Å². The third-order valence-corrected chi connectivity index (χ3v) is 24.2. The number of fused-ring (bicyclic) bond motifs is 8. The van der Waals surface area contributed by atoms with E-state index in [0.29, 0.717) is 134 Å². The Morgan fingerprint density at radius 3 is 1.82 bits per heavy atom. The van der Waals surface area contributed by atoms with E-state index in [9.17, 15) is 15.0 Å². The van der Waals surface area contributed by atoms with Crippen LogP contribution in [-0.4, -0.2) is 193 Å². The largest absolute Gasteiger partial charge is 0.477 e. The Balaban J connectivity index is 0.590. The minimum absolute atomic E-state index is 0.0256. The summed E-state index contributed by atoms with van der Waals surface area (Å²) in [6, 6.07) is 19.1. The summed E-state index contributed by atoms with van der Waals surface area (Å²) in [6.07, 6.45) is 9.19. The molecule has 6 aliphatic rings. The maximum atomic E-state index is 12.3. The number of ether oxygens (including phenoxy) is 1. The fourth-order valence-electron chi connectivity index (χ4n) is 15.2. The van der Waals surface area contributed by atoms with Gasteiger partial charge in [0, 0.05) is 163 Å². The maximum Gasteiger partial charge on any atom is 0.354 e. The number of H-pyrrole nitrogens is 3. The fourth-order valence-corrected chi connectivity index (χ4v) is 18.5.